The third kappa shape index (κ3) is 8.46. The van der Waals surface area contributed by atoms with Crippen molar-refractivity contribution >= 4 is 30.0 Å². The molecule has 0 spiro atoms. The number of carbonyl (C=O) groups is 2. The molecule has 0 aromatic heterocycles. The molecule has 1 aromatic carbocycles. The van der Waals surface area contributed by atoms with Crippen molar-refractivity contribution in [3.05, 3.63) is 24.3 Å². The predicted molar refractivity (Wildman–Crippen MR) is 84.6 cm³/mol. The molecule has 0 radical (unpaired) electrons. The van der Waals surface area contributed by atoms with Gasteiger partial charge in [-0.05, 0) is 24.3 Å². The van der Waals surface area contributed by atoms with E-state index in [0.29, 0.717) is 24.6 Å². The molecule has 0 bridgehead atoms. The van der Waals surface area contributed by atoms with Gasteiger partial charge in [-0.2, -0.15) is 0 Å². The Hall–Kier alpha value is -1.83. The maximum Gasteiger partial charge on any atom is 0.343 e. The van der Waals surface area contributed by atoms with Gasteiger partial charge in [0.05, 0.1) is 20.3 Å². The van der Waals surface area contributed by atoms with Gasteiger partial charge in [-0.3, -0.25) is 4.79 Å². The van der Waals surface area contributed by atoms with Gasteiger partial charge in [0.2, 0.25) is 5.91 Å². The summed E-state index contributed by atoms with van der Waals surface area (Å²) in [6, 6.07) is 6.72. The zero-order chi connectivity index (χ0) is 15.5. The minimum atomic E-state index is -0.450. The highest BCUT2D eigenvalue weighted by molar-refractivity contribution is 5.92. The van der Waals surface area contributed by atoms with E-state index in [-0.39, 0.29) is 31.5 Å². The van der Waals surface area contributed by atoms with Crippen LogP contribution in [0.1, 0.15) is 0 Å². The van der Waals surface area contributed by atoms with Crippen molar-refractivity contribution in [3.63, 3.8) is 0 Å². The van der Waals surface area contributed by atoms with Crippen molar-refractivity contribution in [2.24, 2.45) is 0 Å². The fourth-order valence-corrected chi connectivity index (χ4v) is 1.42. The number of anilines is 1. The Labute approximate surface area is 135 Å². The molecular weight excluding hydrogens is 312 g/mol. The summed E-state index contributed by atoms with van der Waals surface area (Å²) in [7, 11) is 2.90. The molecule has 0 saturated carbocycles. The van der Waals surface area contributed by atoms with Crippen molar-refractivity contribution in [2.75, 3.05) is 45.8 Å². The molecule has 0 aliphatic rings. The van der Waals surface area contributed by atoms with Crippen LogP contribution in [0.2, 0.25) is 0 Å². The van der Waals surface area contributed by atoms with Gasteiger partial charge in [0.1, 0.15) is 5.75 Å². The molecule has 124 valence electrons. The summed E-state index contributed by atoms with van der Waals surface area (Å²) in [6.07, 6.45) is 0. The minimum absolute atomic E-state index is 0. The van der Waals surface area contributed by atoms with Crippen molar-refractivity contribution in [1.29, 1.82) is 0 Å². The molecule has 0 unspecified atom stereocenters. The zero-order valence-corrected chi connectivity index (χ0v) is 13.4. The Balaban J connectivity index is 0.00000441. The van der Waals surface area contributed by atoms with Crippen LogP contribution in [0.15, 0.2) is 24.3 Å². The van der Waals surface area contributed by atoms with Gasteiger partial charge in [0.15, 0.2) is 6.61 Å². The molecular formula is C14H21ClN2O5. The van der Waals surface area contributed by atoms with E-state index < -0.39 is 5.97 Å². The lowest BCUT2D eigenvalue weighted by molar-refractivity contribution is -0.142. The molecule has 1 aromatic rings. The van der Waals surface area contributed by atoms with Gasteiger partial charge < -0.3 is 24.8 Å². The average Bonchev–Trinajstić information content (AvgIpc) is 2.50. The van der Waals surface area contributed by atoms with Crippen LogP contribution in [0.5, 0.6) is 5.75 Å². The largest absolute Gasteiger partial charge is 0.482 e. The standard InChI is InChI=1S/C14H20N2O5.ClH/c1-19-8-7-15-9-13(17)16-11-3-5-12(6-4-11)21-10-14(18)20-2;/h3-6,15H,7-10H2,1-2H3,(H,16,17);1H. The summed E-state index contributed by atoms with van der Waals surface area (Å²) < 4.78 is 14.5. The Morgan fingerprint density at radius 3 is 2.41 bits per heavy atom. The Morgan fingerprint density at radius 2 is 1.82 bits per heavy atom. The second-order valence-electron chi connectivity index (χ2n) is 4.11. The molecule has 7 nitrogen and oxygen atoms in total. The molecule has 0 heterocycles. The van der Waals surface area contributed by atoms with E-state index in [1.807, 2.05) is 0 Å². The number of benzene rings is 1. The van der Waals surface area contributed by atoms with Crippen LogP contribution in [0.4, 0.5) is 5.69 Å². The Bertz CT molecular complexity index is 453. The van der Waals surface area contributed by atoms with E-state index in [9.17, 15) is 9.59 Å². The summed E-state index contributed by atoms with van der Waals surface area (Å²) in [6.45, 7) is 1.24. The highest BCUT2D eigenvalue weighted by Gasteiger charge is 2.04. The summed E-state index contributed by atoms with van der Waals surface area (Å²) in [5, 5.41) is 5.68. The second-order valence-corrected chi connectivity index (χ2v) is 4.11. The number of amides is 1. The van der Waals surface area contributed by atoms with E-state index in [2.05, 4.69) is 15.4 Å². The van der Waals surface area contributed by atoms with Crippen LogP contribution in [0, 0.1) is 0 Å². The highest BCUT2D eigenvalue weighted by Crippen LogP contribution is 2.15. The minimum Gasteiger partial charge on any atom is -0.482 e. The smallest absolute Gasteiger partial charge is 0.343 e. The Morgan fingerprint density at radius 1 is 1.14 bits per heavy atom. The van der Waals surface area contributed by atoms with Gasteiger partial charge >= 0.3 is 5.97 Å². The van der Waals surface area contributed by atoms with Crippen molar-refractivity contribution in [2.45, 2.75) is 0 Å². The first-order valence-corrected chi connectivity index (χ1v) is 6.45. The SMILES string of the molecule is COCCNCC(=O)Nc1ccc(OCC(=O)OC)cc1.Cl. The molecule has 1 rings (SSSR count). The van der Waals surface area contributed by atoms with Crippen LogP contribution in [0.3, 0.4) is 0 Å². The summed E-state index contributed by atoms with van der Waals surface area (Å²) in [4.78, 5) is 22.5. The maximum absolute atomic E-state index is 11.6. The normalized spacial score (nSPS) is 9.55. The fourth-order valence-electron chi connectivity index (χ4n) is 1.42. The Kier molecular flexibility index (Phi) is 10.8. The van der Waals surface area contributed by atoms with E-state index in [1.165, 1.54) is 7.11 Å². The van der Waals surface area contributed by atoms with E-state index in [4.69, 9.17) is 9.47 Å². The predicted octanol–water partition coefficient (Wildman–Crippen LogP) is 0.835. The summed E-state index contributed by atoms with van der Waals surface area (Å²) >= 11 is 0. The molecule has 0 atom stereocenters. The first kappa shape index (κ1) is 20.2. The molecule has 0 aliphatic carbocycles. The number of halogens is 1. The molecule has 0 fully saturated rings. The number of hydrogen-bond acceptors (Lipinski definition) is 6. The number of nitrogens with one attached hydrogen (secondary N) is 2. The number of carbonyl (C=O) groups excluding carboxylic acids is 2. The van der Waals surface area contributed by atoms with Gasteiger partial charge in [0, 0.05) is 19.3 Å². The second kappa shape index (κ2) is 11.8. The lowest BCUT2D eigenvalue weighted by atomic mass is 10.3. The van der Waals surface area contributed by atoms with Crippen LogP contribution in [0.25, 0.3) is 0 Å². The van der Waals surface area contributed by atoms with E-state index in [1.54, 1.807) is 31.4 Å². The fraction of sp³-hybridized carbons (Fsp3) is 0.429. The summed E-state index contributed by atoms with van der Waals surface area (Å²) in [5.74, 6) is -0.0690. The van der Waals surface area contributed by atoms with Crippen molar-refractivity contribution in [1.82, 2.24) is 5.32 Å². The molecule has 1 amide bonds. The van der Waals surface area contributed by atoms with Gasteiger partial charge in [-0.1, -0.05) is 0 Å². The molecule has 0 saturated heterocycles. The zero-order valence-electron chi connectivity index (χ0n) is 12.6. The van der Waals surface area contributed by atoms with Gasteiger partial charge in [-0.15, -0.1) is 12.4 Å². The molecule has 2 N–H and O–H groups in total. The number of esters is 1. The molecule has 8 heteroatoms. The number of hydrogen-bond donors (Lipinski definition) is 2. The lowest BCUT2D eigenvalue weighted by Crippen LogP contribution is -2.30. The third-order valence-corrected chi connectivity index (χ3v) is 2.49. The average molecular weight is 333 g/mol. The highest BCUT2D eigenvalue weighted by atomic mass is 35.5. The molecule has 0 aliphatic heterocycles. The van der Waals surface area contributed by atoms with E-state index >= 15 is 0 Å². The van der Waals surface area contributed by atoms with E-state index in [0.717, 1.165) is 0 Å². The third-order valence-electron chi connectivity index (χ3n) is 2.49. The number of methoxy groups -OCH3 is 2. The first-order valence-electron chi connectivity index (χ1n) is 6.45. The van der Waals surface area contributed by atoms with Crippen LogP contribution in [-0.2, 0) is 19.1 Å². The monoisotopic (exact) mass is 332 g/mol. The molecule has 22 heavy (non-hydrogen) atoms. The van der Waals surface area contributed by atoms with Crippen LogP contribution < -0.4 is 15.4 Å². The maximum atomic E-state index is 11.6. The van der Waals surface area contributed by atoms with Gasteiger partial charge in [0.25, 0.3) is 0 Å². The van der Waals surface area contributed by atoms with Crippen molar-refractivity contribution < 1.29 is 23.8 Å². The van der Waals surface area contributed by atoms with Crippen molar-refractivity contribution in [3.8, 4) is 5.75 Å². The topological polar surface area (TPSA) is 85.9 Å². The van der Waals surface area contributed by atoms with Crippen LogP contribution >= 0.6 is 12.4 Å². The lowest BCUT2D eigenvalue weighted by Gasteiger charge is -2.08. The van der Waals surface area contributed by atoms with Gasteiger partial charge in [-0.25, -0.2) is 4.79 Å². The summed E-state index contributed by atoms with van der Waals surface area (Å²) in [5.41, 5.74) is 0.652. The number of ether oxygens (including phenoxy) is 3. The number of rotatable bonds is 9. The van der Waals surface area contributed by atoms with Crippen LogP contribution in [-0.4, -0.2) is 52.4 Å². The quantitative estimate of drug-likeness (QED) is 0.515. The first-order chi connectivity index (χ1) is 10.2.